The Labute approximate surface area is 227 Å². The van der Waals surface area contributed by atoms with E-state index in [-0.39, 0.29) is 52.8 Å². The molecule has 14 nitrogen and oxygen atoms in total. The summed E-state index contributed by atoms with van der Waals surface area (Å²) in [4.78, 5) is 33.3. The molecule has 6 rings (SSSR count). The summed E-state index contributed by atoms with van der Waals surface area (Å²) in [5.41, 5.74) is 1.62. The van der Waals surface area contributed by atoms with Crippen LogP contribution in [0.2, 0.25) is 0 Å². The molecule has 4 unspecified atom stereocenters. The van der Waals surface area contributed by atoms with Crippen molar-refractivity contribution in [1.29, 1.82) is 0 Å². The van der Waals surface area contributed by atoms with Crippen LogP contribution in [-0.4, -0.2) is 61.2 Å². The van der Waals surface area contributed by atoms with Crippen molar-refractivity contribution < 1.29 is 38.4 Å². The molecule has 4 heterocycles. The quantitative estimate of drug-likeness (QED) is 0.174. The third-order valence-corrected chi connectivity index (χ3v) is 7.97. The molecule has 17 heteroatoms. The van der Waals surface area contributed by atoms with Crippen molar-refractivity contribution >= 4 is 34.1 Å². The highest BCUT2D eigenvalue weighted by molar-refractivity contribution is 5.90. The first-order valence-corrected chi connectivity index (χ1v) is 12.7. The van der Waals surface area contributed by atoms with E-state index in [1.165, 1.54) is 16.7 Å². The lowest BCUT2D eigenvalue weighted by atomic mass is 10.0. The fraction of sp³-hybridized carbons (Fsp3) is 0.458. The number of aliphatic hydroxyl groups is 4. The number of alkyl halides is 3. The first-order valence-electron chi connectivity index (χ1n) is 12.7. The molecular weight excluding hydrogens is 553 g/mol. The number of hydrogen-bond acceptors (Lipinski definition) is 10. The number of pyridine rings is 1. The zero-order valence-electron chi connectivity index (χ0n) is 21.4. The van der Waals surface area contributed by atoms with E-state index in [1.54, 1.807) is 6.92 Å². The molecular formula is C24H25F3N8O6. The van der Waals surface area contributed by atoms with Crippen LogP contribution < -0.4 is 16.7 Å². The minimum Gasteiger partial charge on any atom is -0.393 e. The van der Waals surface area contributed by atoms with E-state index in [9.17, 15) is 43.2 Å². The Balaban J connectivity index is 1.46. The van der Waals surface area contributed by atoms with Crippen molar-refractivity contribution in [1.82, 2.24) is 28.7 Å². The van der Waals surface area contributed by atoms with Gasteiger partial charge in [0.1, 0.15) is 17.1 Å². The summed E-state index contributed by atoms with van der Waals surface area (Å²) >= 11 is 0. The lowest BCUT2D eigenvalue weighted by Crippen LogP contribution is -2.41. The van der Waals surface area contributed by atoms with Gasteiger partial charge in [-0.3, -0.25) is 9.36 Å². The number of nitrogens with one attached hydrogen (secondary N) is 1. The molecule has 0 aromatic carbocycles. The lowest BCUT2D eigenvalue weighted by molar-refractivity contribution is -0.374. The van der Waals surface area contributed by atoms with Crippen LogP contribution in [0.25, 0.3) is 16.6 Å². The van der Waals surface area contributed by atoms with Gasteiger partial charge in [-0.05, 0) is 43.7 Å². The molecule has 2 aliphatic rings. The number of primary amides is 1. The number of carbonyl (C=O) groups excluding carboxylic acids is 1. The number of aromatic nitrogens is 6. The SMILES string of the molecule is CC1CC1(C(N)=O)c1nc(C(F)(F)F)c2ccc(Nc3cc4c(cn3)n(C(O)(O)O)c(=O)n4C3CCC(O)C3)nn12. The maximum Gasteiger partial charge on any atom is 0.435 e. The van der Waals surface area contributed by atoms with Crippen molar-refractivity contribution in [2.24, 2.45) is 11.7 Å². The van der Waals surface area contributed by atoms with E-state index in [0.717, 1.165) is 16.8 Å². The van der Waals surface area contributed by atoms with Gasteiger partial charge in [0.25, 0.3) is 0 Å². The van der Waals surface area contributed by atoms with Gasteiger partial charge in [0, 0.05) is 12.1 Å². The molecule has 4 aromatic rings. The largest absolute Gasteiger partial charge is 0.435 e. The minimum absolute atomic E-state index is 0.00934. The topological polar surface area (TPSA) is 206 Å². The average Bonchev–Trinajstić information content (AvgIpc) is 3.15. The molecule has 0 bridgehead atoms. The summed E-state index contributed by atoms with van der Waals surface area (Å²) in [6.07, 6.45) is -6.71. The first kappa shape index (κ1) is 27.1. The van der Waals surface area contributed by atoms with Crippen LogP contribution in [-0.2, 0) is 22.5 Å². The predicted octanol–water partition coefficient (Wildman–Crippen LogP) is 0.397. The Kier molecular flexibility index (Phi) is 5.77. The molecule has 4 aromatic heterocycles. The number of nitrogens with two attached hydrogens (primary N) is 1. The minimum atomic E-state index is -4.82. The highest BCUT2D eigenvalue weighted by Crippen LogP contribution is 2.54. The standard InChI is InChI=1S/C24H25F3N8O6/c1-10-8-22(10,19(28)37)20-31-18(23(25,26)27)13-4-5-16(32-35(13)20)30-17-7-14-15(9-29-17)34(24(39,40)41)21(38)33(14)11-2-3-12(36)6-11/h4-5,7,9-12,36,39-41H,2-3,6,8H2,1H3,(H2,28,37)(H,29,30,32). The van der Waals surface area contributed by atoms with Gasteiger partial charge in [0.2, 0.25) is 5.91 Å². The number of nitrogens with zero attached hydrogens (tertiary/aromatic N) is 6. The summed E-state index contributed by atoms with van der Waals surface area (Å²) in [5.74, 6) is -1.32. The van der Waals surface area contributed by atoms with Crippen LogP contribution >= 0.6 is 0 Å². The summed E-state index contributed by atoms with van der Waals surface area (Å²) in [7, 11) is 0. The highest BCUT2D eigenvalue weighted by Gasteiger charge is 2.61. The number of aliphatic hydroxyl groups excluding tert-OH is 1. The van der Waals surface area contributed by atoms with Crippen molar-refractivity contribution in [2.75, 3.05) is 5.32 Å². The highest BCUT2D eigenvalue weighted by atomic mass is 19.4. The average molecular weight is 579 g/mol. The fourth-order valence-corrected chi connectivity index (χ4v) is 5.86. The molecule has 0 spiro atoms. The van der Waals surface area contributed by atoms with E-state index in [4.69, 9.17) is 5.73 Å². The number of imidazole rings is 2. The molecule has 2 saturated carbocycles. The summed E-state index contributed by atoms with van der Waals surface area (Å²) in [6, 6.07) is 3.23. The third-order valence-electron chi connectivity index (χ3n) is 7.97. The van der Waals surface area contributed by atoms with Crippen molar-refractivity contribution in [2.45, 2.75) is 62.4 Å². The Hall–Kier alpha value is -4.06. The van der Waals surface area contributed by atoms with Gasteiger partial charge in [-0.15, -0.1) is 5.10 Å². The van der Waals surface area contributed by atoms with Gasteiger partial charge < -0.3 is 31.5 Å². The smallest absolute Gasteiger partial charge is 0.393 e. The molecule has 2 aliphatic carbocycles. The Morgan fingerprint density at radius 1 is 1.15 bits per heavy atom. The van der Waals surface area contributed by atoms with E-state index < -0.39 is 47.1 Å². The van der Waals surface area contributed by atoms with Crippen LogP contribution in [0.3, 0.4) is 0 Å². The molecule has 4 atom stereocenters. The lowest BCUT2D eigenvalue weighted by Gasteiger charge is -2.15. The zero-order chi connectivity index (χ0) is 29.6. The van der Waals surface area contributed by atoms with Crippen LogP contribution in [0.1, 0.15) is 50.2 Å². The van der Waals surface area contributed by atoms with E-state index in [0.29, 0.717) is 17.4 Å². The Bertz CT molecular complexity index is 1770. The molecule has 2 fully saturated rings. The van der Waals surface area contributed by atoms with Gasteiger partial charge in [-0.2, -0.15) is 13.2 Å². The van der Waals surface area contributed by atoms with E-state index >= 15 is 0 Å². The summed E-state index contributed by atoms with van der Waals surface area (Å²) < 4.78 is 43.9. The monoisotopic (exact) mass is 578 g/mol. The van der Waals surface area contributed by atoms with Crippen LogP contribution in [0.4, 0.5) is 24.8 Å². The predicted molar refractivity (Wildman–Crippen MR) is 133 cm³/mol. The molecule has 7 N–H and O–H groups in total. The summed E-state index contributed by atoms with van der Waals surface area (Å²) in [6.45, 7) is 1.68. The molecule has 0 aliphatic heterocycles. The summed E-state index contributed by atoms with van der Waals surface area (Å²) in [5, 5.41) is 46.6. The number of anilines is 2. The maximum atomic E-state index is 13.8. The van der Waals surface area contributed by atoms with Crippen molar-refractivity contribution in [3.8, 4) is 0 Å². The number of amides is 1. The second-order valence-electron chi connectivity index (χ2n) is 10.6. The van der Waals surface area contributed by atoms with Crippen molar-refractivity contribution in [3.63, 3.8) is 0 Å². The molecule has 41 heavy (non-hydrogen) atoms. The number of rotatable bonds is 6. The number of carbonyl (C=O) groups is 1. The Morgan fingerprint density at radius 3 is 2.41 bits per heavy atom. The normalized spacial score (nSPS) is 24.8. The van der Waals surface area contributed by atoms with Gasteiger partial charge >= 0.3 is 18.0 Å². The van der Waals surface area contributed by atoms with Gasteiger partial charge in [0.15, 0.2) is 11.5 Å². The zero-order valence-corrected chi connectivity index (χ0v) is 21.4. The third kappa shape index (κ3) is 4.14. The van der Waals surface area contributed by atoms with Gasteiger partial charge in [-0.25, -0.2) is 23.8 Å². The van der Waals surface area contributed by atoms with Crippen LogP contribution in [0.15, 0.2) is 29.2 Å². The second kappa shape index (κ2) is 8.72. The van der Waals surface area contributed by atoms with Crippen LogP contribution in [0, 0.1) is 5.92 Å². The second-order valence-corrected chi connectivity index (χ2v) is 10.6. The molecule has 0 saturated heterocycles. The number of fused-ring (bicyclic) bond motifs is 2. The molecule has 0 radical (unpaired) electrons. The van der Waals surface area contributed by atoms with Crippen molar-refractivity contribution in [3.05, 3.63) is 46.4 Å². The molecule has 1 amide bonds. The van der Waals surface area contributed by atoms with Crippen LogP contribution in [0.5, 0.6) is 0 Å². The van der Waals surface area contributed by atoms with E-state index in [2.05, 4.69) is 20.4 Å². The maximum absolute atomic E-state index is 13.8. The fourth-order valence-electron chi connectivity index (χ4n) is 5.86. The number of hydrogen-bond donors (Lipinski definition) is 6. The van der Waals surface area contributed by atoms with E-state index in [1.807, 2.05) is 0 Å². The number of halogens is 3. The first-order chi connectivity index (χ1) is 19.1. The Morgan fingerprint density at radius 2 is 1.85 bits per heavy atom. The van der Waals surface area contributed by atoms with Gasteiger partial charge in [-0.1, -0.05) is 6.92 Å². The molecule has 218 valence electrons. The van der Waals surface area contributed by atoms with Gasteiger partial charge in [0.05, 0.1) is 28.9 Å².